The number of nitrogens with zero attached hydrogens (tertiary/aromatic N) is 2. The van der Waals surface area contributed by atoms with Crippen LogP contribution in [0.4, 0.5) is 5.69 Å². The van der Waals surface area contributed by atoms with Gasteiger partial charge in [0.25, 0.3) is 0 Å². The van der Waals surface area contributed by atoms with E-state index >= 15 is 0 Å². The largest absolute Gasteiger partial charge is 0.481 e. The smallest absolute Gasteiger partial charge is 0.314 e. The molecule has 1 aliphatic heterocycles. The van der Waals surface area contributed by atoms with E-state index < -0.39 is 11.4 Å². The van der Waals surface area contributed by atoms with Crippen LogP contribution in [0.1, 0.15) is 37.7 Å². The van der Waals surface area contributed by atoms with Gasteiger partial charge in [0.1, 0.15) is 0 Å². The third kappa shape index (κ3) is 2.98. The van der Waals surface area contributed by atoms with Gasteiger partial charge in [0.2, 0.25) is 5.91 Å². The number of hydrogen-bond donors (Lipinski definition) is 1. The first-order valence-corrected chi connectivity index (χ1v) is 8.36. The number of hydrogen-bond acceptors (Lipinski definition) is 3. The van der Waals surface area contributed by atoms with Gasteiger partial charge in [-0.25, -0.2) is 0 Å². The summed E-state index contributed by atoms with van der Waals surface area (Å²) >= 11 is 0. The average Bonchev–Trinajstić information content (AvgIpc) is 2.55. The normalized spacial score (nSPS) is 22.1. The molecule has 0 bridgehead atoms. The molecule has 2 fully saturated rings. The first kappa shape index (κ1) is 16.0. The van der Waals surface area contributed by atoms with E-state index in [0.29, 0.717) is 25.9 Å². The molecule has 3 rings (SSSR count). The van der Waals surface area contributed by atoms with Crippen LogP contribution in [0.25, 0.3) is 0 Å². The lowest BCUT2D eigenvalue weighted by atomic mass is 9.69. The molecule has 124 valence electrons. The molecule has 5 nitrogen and oxygen atoms in total. The quantitative estimate of drug-likeness (QED) is 0.929. The van der Waals surface area contributed by atoms with Gasteiger partial charge in [0.15, 0.2) is 0 Å². The van der Waals surface area contributed by atoms with Crippen LogP contribution in [0.5, 0.6) is 0 Å². The minimum atomic E-state index is -0.788. The van der Waals surface area contributed by atoms with Crippen molar-refractivity contribution in [3.63, 3.8) is 0 Å². The summed E-state index contributed by atoms with van der Waals surface area (Å²) in [5.74, 6) is -0.664. The summed E-state index contributed by atoms with van der Waals surface area (Å²) < 4.78 is 0. The van der Waals surface area contributed by atoms with Crippen LogP contribution < -0.4 is 4.90 Å². The number of carboxylic acids is 1. The predicted molar refractivity (Wildman–Crippen MR) is 88.7 cm³/mol. The molecule has 0 spiro atoms. The number of carbonyl (C=O) groups is 2. The highest BCUT2D eigenvalue weighted by molar-refractivity contribution is 5.95. The first-order chi connectivity index (χ1) is 11.0. The number of piperazine rings is 1. The standard InChI is InChI=1S/C18H24N2O3/c1-19-10-11-20(16(21)13-19)15-7-5-6-14(12-15)18(17(22)23)8-3-2-4-9-18/h5-7,12H,2-4,8-11,13H2,1H3,(H,22,23). The second-order valence-electron chi connectivity index (χ2n) is 6.78. The summed E-state index contributed by atoms with van der Waals surface area (Å²) in [4.78, 5) is 28.0. The zero-order chi connectivity index (χ0) is 16.4. The Kier molecular flexibility index (Phi) is 4.39. The van der Waals surface area contributed by atoms with Gasteiger partial charge < -0.3 is 10.0 Å². The molecule has 23 heavy (non-hydrogen) atoms. The Hall–Kier alpha value is -1.88. The maximum Gasteiger partial charge on any atom is 0.314 e. The monoisotopic (exact) mass is 316 g/mol. The molecule has 1 saturated heterocycles. The molecule has 0 atom stereocenters. The van der Waals surface area contributed by atoms with Gasteiger partial charge in [0, 0.05) is 18.8 Å². The molecule has 1 aliphatic carbocycles. The molecule has 1 saturated carbocycles. The molecule has 1 heterocycles. The molecule has 1 N–H and O–H groups in total. The fourth-order valence-corrected chi connectivity index (χ4v) is 3.82. The maximum absolute atomic E-state index is 12.3. The number of likely N-dealkylation sites (N-methyl/N-ethyl adjacent to an activating group) is 1. The number of rotatable bonds is 3. The fraction of sp³-hybridized carbons (Fsp3) is 0.556. The van der Waals surface area contributed by atoms with Crippen LogP contribution in [0, 0.1) is 0 Å². The number of anilines is 1. The second kappa shape index (κ2) is 6.32. The number of carbonyl (C=O) groups excluding carboxylic acids is 1. The second-order valence-corrected chi connectivity index (χ2v) is 6.78. The van der Waals surface area contributed by atoms with Crippen molar-refractivity contribution in [3.05, 3.63) is 29.8 Å². The molecule has 2 aliphatic rings. The van der Waals surface area contributed by atoms with Gasteiger partial charge in [-0.2, -0.15) is 0 Å². The molecular weight excluding hydrogens is 292 g/mol. The molecule has 0 radical (unpaired) electrons. The van der Waals surface area contributed by atoms with E-state index in [-0.39, 0.29) is 5.91 Å². The van der Waals surface area contributed by atoms with Gasteiger partial charge in [-0.3, -0.25) is 14.5 Å². The third-order valence-electron chi connectivity index (χ3n) is 5.24. The Bertz CT molecular complexity index is 608. The molecule has 0 unspecified atom stereocenters. The van der Waals surface area contributed by atoms with Crippen molar-refractivity contribution in [1.82, 2.24) is 4.90 Å². The Morgan fingerprint density at radius 2 is 1.91 bits per heavy atom. The van der Waals surface area contributed by atoms with Crippen molar-refractivity contribution in [3.8, 4) is 0 Å². The number of carboxylic acid groups (broad SMARTS) is 1. The lowest BCUT2D eigenvalue weighted by Crippen LogP contribution is -2.49. The van der Waals surface area contributed by atoms with Crippen LogP contribution in [-0.2, 0) is 15.0 Å². The zero-order valence-electron chi connectivity index (χ0n) is 13.6. The van der Waals surface area contributed by atoms with E-state index in [2.05, 4.69) is 0 Å². The summed E-state index contributed by atoms with van der Waals surface area (Å²) in [5.41, 5.74) is 0.880. The van der Waals surface area contributed by atoms with Gasteiger partial charge in [-0.15, -0.1) is 0 Å². The first-order valence-electron chi connectivity index (χ1n) is 8.36. The summed E-state index contributed by atoms with van der Waals surface area (Å²) in [6, 6.07) is 7.62. The highest BCUT2D eigenvalue weighted by Gasteiger charge is 2.41. The molecule has 1 amide bonds. The third-order valence-corrected chi connectivity index (χ3v) is 5.24. The SMILES string of the molecule is CN1CCN(c2cccc(C3(C(=O)O)CCCCC3)c2)C(=O)C1. The summed E-state index contributed by atoms with van der Waals surface area (Å²) in [5, 5.41) is 9.84. The summed E-state index contributed by atoms with van der Waals surface area (Å²) in [7, 11) is 1.94. The molecular formula is C18H24N2O3. The highest BCUT2D eigenvalue weighted by atomic mass is 16.4. The van der Waals surface area contributed by atoms with E-state index in [0.717, 1.165) is 37.1 Å². The minimum absolute atomic E-state index is 0.0731. The van der Waals surface area contributed by atoms with Crippen molar-refractivity contribution in [2.24, 2.45) is 0 Å². The van der Waals surface area contributed by atoms with Crippen molar-refractivity contribution < 1.29 is 14.7 Å². The average molecular weight is 316 g/mol. The zero-order valence-corrected chi connectivity index (χ0v) is 13.6. The molecule has 5 heteroatoms. The number of aliphatic carboxylic acids is 1. The predicted octanol–water partition coefficient (Wildman–Crippen LogP) is 2.25. The van der Waals surface area contributed by atoms with Crippen LogP contribution in [0.2, 0.25) is 0 Å². The van der Waals surface area contributed by atoms with Crippen LogP contribution in [-0.4, -0.2) is 48.6 Å². The van der Waals surface area contributed by atoms with E-state index in [1.54, 1.807) is 4.90 Å². The van der Waals surface area contributed by atoms with E-state index in [1.165, 1.54) is 0 Å². The van der Waals surface area contributed by atoms with Gasteiger partial charge in [-0.05, 0) is 37.6 Å². The van der Waals surface area contributed by atoms with Gasteiger partial charge in [-0.1, -0.05) is 31.4 Å². The highest BCUT2D eigenvalue weighted by Crippen LogP contribution is 2.40. The molecule has 1 aromatic carbocycles. The van der Waals surface area contributed by atoms with E-state index in [1.807, 2.05) is 36.2 Å². The fourth-order valence-electron chi connectivity index (χ4n) is 3.82. The van der Waals surface area contributed by atoms with Crippen LogP contribution >= 0.6 is 0 Å². The number of benzene rings is 1. The van der Waals surface area contributed by atoms with Crippen molar-refractivity contribution >= 4 is 17.6 Å². The summed E-state index contributed by atoms with van der Waals surface area (Å²) in [6.07, 6.45) is 4.37. The number of amides is 1. The topological polar surface area (TPSA) is 60.9 Å². The Morgan fingerprint density at radius 1 is 1.17 bits per heavy atom. The van der Waals surface area contributed by atoms with E-state index in [9.17, 15) is 14.7 Å². The van der Waals surface area contributed by atoms with E-state index in [4.69, 9.17) is 0 Å². The van der Waals surface area contributed by atoms with Crippen LogP contribution in [0.3, 0.4) is 0 Å². The molecule has 0 aromatic heterocycles. The summed E-state index contributed by atoms with van der Waals surface area (Å²) in [6.45, 7) is 1.90. The van der Waals surface area contributed by atoms with Gasteiger partial charge in [0.05, 0.1) is 12.0 Å². The maximum atomic E-state index is 12.3. The van der Waals surface area contributed by atoms with Crippen LogP contribution in [0.15, 0.2) is 24.3 Å². The Labute approximate surface area is 136 Å². The minimum Gasteiger partial charge on any atom is -0.481 e. The Morgan fingerprint density at radius 3 is 2.57 bits per heavy atom. The molecule has 1 aromatic rings. The van der Waals surface area contributed by atoms with Gasteiger partial charge >= 0.3 is 5.97 Å². The lowest BCUT2D eigenvalue weighted by molar-refractivity contribution is -0.145. The Balaban J connectivity index is 1.93. The van der Waals surface area contributed by atoms with Crippen molar-refractivity contribution in [1.29, 1.82) is 0 Å². The van der Waals surface area contributed by atoms with Crippen molar-refractivity contribution in [2.45, 2.75) is 37.5 Å². The lowest BCUT2D eigenvalue weighted by Gasteiger charge is -2.36. The van der Waals surface area contributed by atoms with Crippen molar-refractivity contribution in [2.75, 3.05) is 31.6 Å².